The van der Waals surface area contributed by atoms with Gasteiger partial charge in [-0.3, -0.25) is 9.59 Å². The second-order valence-electron chi connectivity index (χ2n) is 3.58. The lowest BCUT2D eigenvalue weighted by molar-refractivity contribution is -0.112. The molecule has 0 unspecified atom stereocenters. The molecule has 0 amide bonds. The molecule has 16 heavy (non-hydrogen) atoms. The Kier molecular flexibility index (Phi) is 4.50. The molecule has 0 aliphatic rings. The zero-order valence-corrected chi connectivity index (χ0v) is 9.95. The third-order valence-electron chi connectivity index (χ3n) is 1.86. The smallest absolute Gasteiger partial charge is 0.229 e. The molecule has 0 fully saturated rings. The minimum Gasteiger partial charge on any atom is -0.491 e. The summed E-state index contributed by atoms with van der Waals surface area (Å²) in [6.45, 7) is 3.83. The lowest BCUT2D eigenvalue weighted by Crippen LogP contribution is -2.15. The summed E-state index contributed by atoms with van der Waals surface area (Å²) in [5, 5.41) is 0. The normalized spacial score (nSPS) is 10.2. The number of carbonyl (C=O) groups is 2. The fourth-order valence-corrected chi connectivity index (χ4v) is 1.30. The van der Waals surface area contributed by atoms with Crippen LogP contribution >= 0.6 is 11.6 Å². The van der Waals surface area contributed by atoms with Gasteiger partial charge in [0.15, 0.2) is 0 Å². The molecule has 1 aromatic rings. The van der Waals surface area contributed by atoms with Crippen LogP contribution in [-0.4, -0.2) is 23.6 Å². The van der Waals surface area contributed by atoms with Gasteiger partial charge in [-0.05, 0) is 38.1 Å². The van der Waals surface area contributed by atoms with Gasteiger partial charge in [-0.25, -0.2) is 0 Å². The first kappa shape index (κ1) is 12.7. The van der Waals surface area contributed by atoms with Crippen LogP contribution in [0.1, 0.15) is 24.2 Å². The second kappa shape index (κ2) is 5.66. The van der Waals surface area contributed by atoms with Crippen molar-refractivity contribution in [1.82, 2.24) is 0 Å². The van der Waals surface area contributed by atoms with Gasteiger partial charge in [-0.15, -0.1) is 11.6 Å². The topological polar surface area (TPSA) is 43.4 Å². The molecule has 3 nitrogen and oxygen atoms in total. The highest BCUT2D eigenvalue weighted by molar-refractivity contribution is 6.51. The molecule has 4 heteroatoms. The van der Waals surface area contributed by atoms with Gasteiger partial charge in [0.25, 0.3) is 0 Å². The number of hydrogen-bond acceptors (Lipinski definition) is 3. The molecule has 0 aliphatic carbocycles. The number of rotatable bonds is 5. The summed E-state index contributed by atoms with van der Waals surface area (Å²) in [5.74, 6) is -0.779. The van der Waals surface area contributed by atoms with E-state index in [1.807, 2.05) is 13.8 Å². The van der Waals surface area contributed by atoms with Crippen molar-refractivity contribution >= 4 is 23.2 Å². The molecule has 0 saturated carbocycles. The maximum atomic E-state index is 11.4. The molecular weight excluding hydrogens is 228 g/mol. The van der Waals surface area contributed by atoms with Gasteiger partial charge in [0, 0.05) is 5.56 Å². The Morgan fingerprint density at radius 2 is 1.81 bits per heavy atom. The summed E-state index contributed by atoms with van der Waals surface area (Å²) in [6, 6.07) is 6.44. The van der Waals surface area contributed by atoms with Gasteiger partial charge in [0.2, 0.25) is 11.6 Å². The molecule has 0 aromatic heterocycles. The van der Waals surface area contributed by atoms with Gasteiger partial charge in [0.1, 0.15) is 5.75 Å². The van der Waals surface area contributed by atoms with Gasteiger partial charge >= 0.3 is 0 Å². The average Bonchev–Trinajstić information content (AvgIpc) is 2.27. The Hall–Kier alpha value is -1.35. The van der Waals surface area contributed by atoms with Crippen molar-refractivity contribution in [3.8, 4) is 5.75 Å². The molecule has 0 radical (unpaired) electrons. The van der Waals surface area contributed by atoms with Crippen LogP contribution in [0.5, 0.6) is 5.75 Å². The summed E-state index contributed by atoms with van der Waals surface area (Å²) in [7, 11) is 0. The Balaban J connectivity index is 2.78. The number of Topliss-reactive ketones (excluding diaryl/α,β-unsaturated/α-hetero) is 2. The third kappa shape index (κ3) is 3.35. The van der Waals surface area contributed by atoms with Crippen molar-refractivity contribution in [2.75, 3.05) is 5.88 Å². The Morgan fingerprint density at radius 1 is 1.25 bits per heavy atom. The number of halogens is 1. The van der Waals surface area contributed by atoms with Gasteiger partial charge in [-0.1, -0.05) is 0 Å². The van der Waals surface area contributed by atoms with E-state index in [-0.39, 0.29) is 12.0 Å². The standard InChI is InChI=1S/C12H13ClO3/c1-8(2)16-10-5-3-9(4-6-10)12(15)11(14)7-13/h3-6,8H,7H2,1-2H3. The minimum absolute atomic E-state index is 0.0750. The number of alkyl halides is 1. The van der Waals surface area contributed by atoms with E-state index in [1.165, 1.54) is 0 Å². The first-order valence-corrected chi connectivity index (χ1v) is 5.48. The molecule has 0 spiro atoms. The van der Waals surface area contributed by atoms with E-state index < -0.39 is 11.6 Å². The highest BCUT2D eigenvalue weighted by atomic mass is 35.5. The summed E-state index contributed by atoms with van der Waals surface area (Å²) < 4.78 is 5.41. The predicted molar refractivity (Wildman–Crippen MR) is 62.3 cm³/mol. The molecule has 86 valence electrons. The molecule has 1 rings (SSSR count). The molecular formula is C12H13ClO3. The van der Waals surface area contributed by atoms with Crippen LogP contribution in [0, 0.1) is 0 Å². The van der Waals surface area contributed by atoms with Crippen molar-refractivity contribution in [3.63, 3.8) is 0 Å². The monoisotopic (exact) mass is 240 g/mol. The fourth-order valence-electron chi connectivity index (χ4n) is 1.18. The fraction of sp³-hybridized carbons (Fsp3) is 0.333. The average molecular weight is 241 g/mol. The Morgan fingerprint density at radius 3 is 2.25 bits per heavy atom. The Labute approximate surface area is 99.4 Å². The zero-order valence-electron chi connectivity index (χ0n) is 9.20. The molecule has 0 bridgehead atoms. The molecule has 0 saturated heterocycles. The maximum absolute atomic E-state index is 11.4. The van der Waals surface area contributed by atoms with E-state index in [0.717, 1.165) is 0 Å². The van der Waals surface area contributed by atoms with Crippen molar-refractivity contribution in [3.05, 3.63) is 29.8 Å². The Bertz CT molecular complexity index is 382. The SMILES string of the molecule is CC(C)Oc1ccc(C(=O)C(=O)CCl)cc1. The van der Waals surface area contributed by atoms with Gasteiger partial charge in [0.05, 0.1) is 12.0 Å². The maximum Gasteiger partial charge on any atom is 0.229 e. The van der Waals surface area contributed by atoms with Crippen LogP contribution < -0.4 is 4.74 Å². The first-order chi connectivity index (χ1) is 7.54. The zero-order chi connectivity index (χ0) is 12.1. The van der Waals surface area contributed by atoms with E-state index in [2.05, 4.69) is 0 Å². The number of benzene rings is 1. The van der Waals surface area contributed by atoms with E-state index >= 15 is 0 Å². The third-order valence-corrected chi connectivity index (χ3v) is 2.11. The number of hydrogen-bond donors (Lipinski definition) is 0. The summed E-state index contributed by atoms with van der Waals surface area (Å²) in [6.07, 6.45) is 0.0750. The highest BCUT2D eigenvalue weighted by Crippen LogP contribution is 2.14. The summed E-state index contributed by atoms with van der Waals surface area (Å²) in [5.41, 5.74) is 0.335. The van der Waals surface area contributed by atoms with Crippen molar-refractivity contribution in [1.29, 1.82) is 0 Å². The second-order valence-corrected chi connectivity index (χ2v) is 3.84. The molecule has 0 atom stereocenters. The van der Waals surface area contributed by atoms with E-state index in [4.69, 9.17) is 16.3 Å². The van der Waals surface area contributed by atoms with Crippen molar-refractivity contribution in [2.24, 2.45) is 0 Å². The lowest BCUT2D eigenvalue weighted by atomic mass is 10.1. The minimum atomic E-state index is -0.598. The quantitative estimate of drug-likeness (QED) is 0.451. The van der Waals surface area contributed by atoms with E-state index in [9.17, 15) is 9.59 Å². The number of ketones is 2. The number of carbonyl (C=O) groups excluding carboxylic acids is 2. The van der Waals surface area contributed by atoms with Crippen molar-refractivity contribution < 1.29 is 14.3 Å². The highest BCUT2D eigenvalue weighted by Gasteiger charge is 2.14. The predicted octanol–water partition coefficient (Wildman–Crippen LogP) is 2.46. The van der Waals surface area contributed by atoms with E-state index in [0.29, 0.717) is 11.3 Å². The summed E-state index contributed by atoms with van der Waals surface area (Å²) >= 11 is 5.30. The molecule has 0 aliphatic heterocycles. The van der Waals surface area contributed by atoms with Gasteiger partial charge < -0.3 is 4.74 Å². The van der Waals surface area contributed by atoms with Crippen LogP contribution in [-0.2, 0) is 4.79 Å². The summed E-state index contributed by atoms with van der Waals surface area (Å²) in [4.78, 5) is 22.5. The van der Waals surface area contributed by atoms with Crippen LogP contribution in [0.4, 0.5) is 0 Å². The van der Waals surface area contributed by atoms with E-state index in [1.54, 1.807) is 24.3 Å². The van der Waals surface area contributed by atoms with Crippen molar-refractivity contribution in [2.45, 2.75) is 20.0 Å². The lowest BCUT2D eigenvalue weighted by Gasteiger charge is -2.09. The molecule has 1 aromatic carbocycles. The van der Waals surface area contributed by atoms with Crippen LogP contribution in [0.15, 0.2) is 24.3 Å². The van der Waals surface area contributed by atoms with Crippen LogP contribution in [0.3, 0.4) is 0 Å². The molecule has 0 heterocycles. The van der Waals surface area contributed by atoms with Crippen LogP contribution in [0.25, 0.3) is 0 Å². The molecule has 0 N–H and O–H groups in total. The number of ether oxygens (including phenoxy) is 1. The van der Waals surface area contributed by atoms with Gasteiger partial charge in [-0.2, -0.15) is 0 Å². The largest absolute Gasteiger partial charge is 0.491 e. The van der Waals surface area contributed by atoms with Crippen LogP contribution in [0.2, 0.25) is 0 Å². The first-order valence-electron chi connectivity index (χ1n) is 4.94.